The number of halogens is 2. The Hall–Kier alpha value is -1.59. The zero-order valence-corrected chi connectivity index (χ0v) is 11.1. The lowest BCUT2D eigenvalue weighted by Gasteiger charge is -2.08. The fourth-order valence-corrected chi connectivity index (χ4v) is 1.98. The monoisotopic (exact) mass is 284 g/mol. The third-order valence-electron chi connectivity index (χ3n) is 2.22. The van der Waals surface area contributed by atoms with Crippen molar-refractivity contribution in [3.63, 3.8) is 0 Å². The highest BCUT2D eigenvalue weighted by Crippen LogP contribution is 2.22. The maximum absolute atomic E-state index is 6.13. The van der Waals surface area contributed by atoms with Crippen LogP contribution in [0.2, 0.25) is 10.0 Å². The molecule has 0 spiro atoms. The van der Waals surface area contributed by atoms with Gasteiger partial charge in [0.1, 0.15) is 25.5 Å². The van der Waals surface area contributed by atoms with Gasteiger partial charge in [-0.25, -0.2) is 9.67 Å². The van der Waals surface area contributed by atoms with E-state index in [2.05, 4.69) is 15.2 Å². The Morgan fingerprint density at radius 3 is 2.89 bits per heavy atom. The van der Waals surface area contributed by atoms with Gasteiger partial charge >= 0.3 is 0 Å². The average molecular weight is 285 g/mol. The number of hydrogen-bond donors (Lipinski definition) is 0. The van der Waals surface area contributed by atoms with Crippen molar-refractivity contribution in [2.24, 2.45) is 5.16 Å². The van der Waals surface area contributed by atoms with Crippen LogP contribution < -0.4 is 0 Å². The van der Waals surface area contributed by atoms with Crippen molar-refractivity contribution in [1.29, 1.82) is 0 Å². The minimum absolute atomic E-state index is 0.412. The number of aromatic nitrogens is 3. The Balaban J connectivity index is 2.33. The van der Waals surface area contributed by atoms with Crippen LogP contribution in [0.4, 0.5) is 0 Å². The number of rotatable bonds is 4. The molecule has 1 aromatic carbocycles. The highest BCUT2D eigenvalue weighted by molar-refractivity contribution is 6.37. The van der Waals surface area contributed by atoms with E-state index in [9.17, 15) is 0 Å². The van der Waals surface area contributed by atoms with E-state index in [0.717, 1.165) is 5.56 Å². The molecule has 7 heteroatoms. The molecule has 0 N–H and O–H groups in total. The maximum Gasteiger partial charge on any atom is 0.137 e. The predicted octanol–water partition coefficient (Wildman–Crippen LogP) is 2.64. The van der Waals surface area contributed by atoms with Crippen molar-refractivity contribution >= 4 is 28.9 Å². The van der Waals surface area contributed by atoms with E-state index in [-0.39, 0.29) is 0 Å². The number of hydrogen-bond acceptors (Lipinski definition) is 4. The number of benzene rings is 1. The number of oxime groups is 1. The van der Waals surface area contributed by atoms with Gasteiger partial charge in [0.25, 0.3) is 0 Å². The first-order valence-corrected chi connectivity index (χ1v) is 5.84. The second-order valence-electron chi connectivity index (χ2n) is 3.44. The maximum atomic E-state index is 6.13. The van der Waals surface area contributed by atoms with Gasteiger partial charge in [-0.05, 0) is 18.2 Å². The Morgan fingerprint density at radius 1 is 1.44 bits per heavy atom. The first-order chi connectivity index (χ1) is 8.70. The molecule has 0 unspecified atom stereocenters. The molecule has 0 aliphatic carbocycles. The lowest BCUT2D eigenvalue weighted by molar-refractivity contribution is 0.212. The molecule has 0 amide bonds. The quantitative estimate of drug-likeness (QED) is 0.641. The fourth-order valence-electron chi connectivity index (χ4n) is 1.46. The highest BCUT2D eigenvalue weighted by atomic mass is 35.5. The molecule has 0 aliphatic rings. The Bertz CT molecular complexity index is 554. The SMILES string of the molecule is CO/N=C(\Cn1cncn1)c1ccc(Cl)cc1Cl. The van der Waals surface area contributed by atoms with Crippen LogP contribution in [0.3, 0.4) is 0 Å². The van der Waals surface area contributed by atoms with E-state index in [1.54, 1.807) is 29.2 Å². The summed E-state index contributed by atoms with van der Waals surface area (Å²) >= 11 is 12.0. The Morgan fingerprint density at radius 2 is 2.28 bits per heavy atom. The summed E-state index contributed by atoms with van der Waals surface area (Å²) in [6.07, 6.45) is 3.04. The normalized spacial score (nSPS) is 11.6. The molecule has 0 saturated carbocycles. The van der Waals surface area contributed by atoms with Crippen LogP contribution in [0.15, 0.2) is 36.0 Å². The largest absolute Gasteiger partial charge is 0.399 e. The van der Waals surface area contributed by atoms with Crippen LogP contribution in [0.25, 0.3) is 0 Å². The second kappa shape index (κ2) is 5.84. The molecule has 5 nitrogen and oxygen atoms in total. The highest BCUT2D eigenvalue weighted by Gasteiger charge is 2.11. The van der Waals surface area contributed by atoms with Gasteiger partial charge in [0, 0.05) is 10.6 Å². The third-order valence-corrected chi connectivity index (χ3v) is 2.77. The minimum atomic E-state index is 0.412. The van der Waals surface area contributed by atoms with Crippen LogP contribution in [-0.4, -0.2) is 27.6 Å². The molecule has 18 heavy (non-hydrogen) atoms. The minimum Gasteiger partial charge on any atom is -0.399 e. The molecule has 0 radical (unpaired) electrons. The van der Waals surface area contributed by atoms with Crippen molar-refractivity contribution in [3.8, 4) is 0 Å². The first kappa shape index (κ1) is 12.9. The fraction of sp³-hybridized carbons (Fsp3) is 0.182. The Kier molecular flexibility index (Phi) is 4.17. The molecule has 1 aromatic heterocycles. The molecule has 2 aromatic rings. The second-order valence-corrected chi connectivity index (χ2v) is 4.28. The summed E-state index contributed by atoms with van der Waals surface area (Å²) in [7, 11) is 1.48. The molecule has 0 saturated heterocycles. The van der Waals surface area contributed by atoms with E-state index >= 15 is 0 Å². The first-order valence-electron chi connectivity index (χ1n) is 5.08. The van der Waals surface area contributed by atoms with E-state index in [1.807, 2.05) is 0 Å². The van der Waals surface area contributed by atoms with Gasteiger partial charge in [0.2, 0.25) is 0 Å². The van der Waals surface area contributed by atoms with Crippen LogP contribution in [-0.2, 0) is 11.4 Å². The molecular weight excluding hydrogens is 275 g/mol. The van der Waals surface area contributed by atoms with Gasteiger partial charge in [-0.3, -0.25) is 0 Å². The summed E-state index contributed by atoms with van der Waals surface area (Å²) in [5.41, 5.74) is 1.39. The topological polar surface area (TPSA) is 52.3 Å². The summed E-state index contributed by atoms with van der Waals surface area (Å²) in [5, 5.41) is 9.05. The van der Waals surface area contributed by atoms with Gasteiger partial charge < -0.3 is 4.84 Å². The predicted molar refractivity (Wildman–Crippen MR) is 70.0 cm³/mol. The van der Waals surface area contributed by atoms with Gasteiger partial charge in [-0.2, -0.15) is 5.10 Å². The van der Waals surface area contributed by atoms with Crippen molar-refractivity contribution in [2.45, 2.75) is 6.54 Å². The standard InChI is InChI=1S/C11H10Cl2N4O/c1-18-16-11(5-17-7-14-6-15-17)9-3-2-8(12)4-10(9)13/h2-4,6-7H,5H2,1H3/b16-11+. The van der Waals surface area contributed by atoms with Crippen molar-refractivity contribution in [1.82, 2.24) is 14.8 Å². The van der Waals surface area contributed by atoms with Crippen molar-refractivity contribution in [2.75, 3.05) is 7.11 Å². The van der Waals surface area contributed by atoms with Crippen LogP contribution in [0.5, 0.6) is 0 Å². The van der Waals surface area contributed by atoms with Gasteiger partial charge in [0.15, 0.2) is 0 Å². The van der Waals surface area contributed by atoms with Crippen LogP contribution in [0.1, 0.15) is 5.56 Å². The van der Waals surface area contributed by atoms with E-state index in [1.165, 1.54) is 13.4 Å². The van der Waals surface area contributed by atoms with Gasteiger partial charge in [0.05, 0.1) is 11.6 Å². The molecule has 2 rings (SSSR count). The summed E-state index contributed by atoms with van der Waals surface area (Å²) in [4.78, 5) is 8.69. The molecule has 1 heterocycles. The van der Waals surface area contributed by atoms with Crippen LogP contribution in [0, 0.1) is 0 Å². The summed E-state index contributed by atoms with van der Waals surface area (Å²) < 4.78 is 1.63. The smallest absolute Gasteiger partial charge is 0.137 e. The van der Waals surface area contributed by atoms with E-state index < -0.39 is 0 Å². The lowest BCUT2D eigenvalue weighted by Crippen LogP contribution is -2.13. The van der Waals surface area contributed by atoms with Crippen molar-refractivity contribution in [3.05, 3.63) is 46.5 Å². The zero-order valence-electron chi connectivity index (χ0n) is 9.55. The van der Waals surface area contributed by atoms with E-state index in [4.69, 9.17) is 28.0 Å². The molecular formula is C11H10Cl2N4O. The van der Waals surface area contributed by atoms with Crippen molar-refractivity contribution < 1.29 is 4.84 Å². The van der Waals surface area contributed by atoms with Crippen LogP contribution >= 0.6 is 23.2 Å². The molecule has 0 atom stereocenters. The van der Waals surface area contributed by atoms with E-state index in [0.29, 0.717) is 22.3 Å². The van der Waals surface area contributed by atoms with Gasteiger partial charge in [-0.15, -0.1) is 0 Å². The van der Waals surface area contributed by atoms with Gasteiger partial charge in [-0.1, -0.05) is 28.4 Å². The molecule has 0 fully saturated rings. The molecule has 94 valence electrons. The average Bonchev–Trinajstić information content (AvgIpc) is 2.81. The Labute approximate surface area is 114 Å². The third kappa shape index (κ3) is 3.00. The number of nitrogens with zero attached hydrogens (tertiary/aromatic N) is 4. The summed E-state index contributed by atoms with van der Waals surface area (Å²) in [6.45, 7) is 0.412. The lowest BCUT2D eigenvalue weighted by atomic mass is 10.1. The summed E-state index contributed by atoms with van der Waals surface area (Å²) in [5.74, 6) is 0. The molecule has 0 bridgehead atoms. The summed E-state index contributed by atoms with van der Waals surface area (Å²) in [6, 6.07) is 5.19. The molecule has 0 aliphatic heterocycles. The zero-order chi connectivity index (χ0) is 13.0.